The molecule has 4 aromatic rings. The molecule has 6 nitrogen and oxygen atoms in total. The molecule has 172 valence electrons. The number of aromatic nitrogens is 1. The molecule has 2 heterocycles. The lowest BCUT2D eigenvalue weighted by atomic mass is 9.94. The zero-order chi connectivity index (χ0) is 23.8. The Morgan fingerprint density at radius 3 is 2.56 bits per heavy atom. The summed E-state index contributed by atoms with van der Waals surface area (Å²) in [6.07, 6.45) is 1.81. The zero-order valence-electron chi connectivity index (χ0n) is 19.1. The number of H-pyrrole nitrogens is 1. The van der Waals surface area contributed by atoms with Gasteiger partial charge in [-0.15, -0.1) is 0 Å². The van der Waals surface area contributed by atoms with Crippen molar-refractivity contribution in [3.8, 4) is 0 Å². The molecule has 0 radical (unpaired) electrons. The van der Waals surface area contributed by atoms with Crippen LogP contribution in [0.1, 0.15) is 31.0 Å². The fourth-order valence-electron chi connectivity index (χ4n) is 4.63. The van der Waals surface area contributed by atoms with Crippen molar-refractivity contribution in [2.45, 2.75) is 26.0 Å². The number of aliphatic hydroxyl groups excluding tert-OH is 1. The average Bonchev–Trinajstić information content (AvgIpc) is 3.37. The summed E-state index contributed by atoms with van der Waals surface area (Å²) in [5, 5.41) is 14.2. The molecule has 1 saturated heterocycles. The van der Waals surface area contributed by atoms with Crippen molar-refractivity contribution in [1.29, 1.82) is 0 Å². The Morgan fingerprint density at radius 1 is 1.03 bits per heavy atom. The second kappa shape index (κ2) is 8.80. The first kappa shape index (κ1) is 21.9. The van der Waals surface area contributed by atoms with Crippen molar-refractivity contribution >= 4 is 39.1 Å². The molecule has 0 spiro atoms. The van der Waals surface area contributed by atoms with Crippen molar-refractivity contribution < 1.29 is 19.4 Å². The number of hydrogen-bond acceptors (Lipinski definition) is 4. The number of benzene rings is 3. The second-order valence-electron chi connectivity index (χ2n) is 8.76. The van der Waals surface area contributed by atoms with E-state index in [-0.39, 0.29) is 24.0 Å². The summed E-state index contributed by atoms with van der Waals surface area (Å²) in [5.41, 5.74) is 2.25. The first-order valence-corrected chi connectivity index (χ1v) is 11.4. The van der Waals surface area contributed by atoms with Gasteiger partial charge in [0.15, 0.2) is 0 Å². The third-order valence-corrected chi connectivity index (χ3v) is 6.26. The number of rotatable bonds is 6. The van der Waals surface area contributed by atoms with Crippen LogP contribution in [0, 0.1) is 0 Å². The number of ether oxygens (including phenoxy) is 1. The molecular weight excluding hydrogens is 428 g/mol. The van der Waals surface area contributed by atoms with Crippen LogP contribution in [-0.4, -0.2) is 45.9 Å². The maximum Gasteiger partial charge on any atom is 0.295 e. The topological polar surface area (TPSA) is 82.6 Å². The number of aliphatic hydroxyl groups is 1. The minimum atomic E-state index is -0.724. The van der Waals surface area contributed by atoms with E-state index in [1.165, 1.54) is 4.90 Å². The molecule has 1 atom stereocenters. The van der Waals surface area contributed by atoms with Crippen LogP contribution in [0.15, 0.2) is 78.5 Å². The summed E-state index contributed by atoms with van der Waals surface area (Å²) in [6, 6.07) is 20.3. The number of carbonyl (C=O) groups is 2. The molecule has 6 heteroatoms. The van der Waals surface area contributed by atoms with Crippen LogP contribution in [0.3, 0.4) is 0 Å². The second-order valence-corrected chi connectivity index (χ2v) is 8.76. The fourth-order valence-corrected chi connectivity index (χ4v) is 4.63. The fraction of sp³-hybridized carbons (Fsp3) is 0.214. The number of hydrogen-bond donors (Lipinski definition) is 2. The van der Waals surface area contributed by atoms with Gasteiger partial charge in [-0.25, -0.2) is 0 Å². The minimum Gasteiger partial charge on any atom is -0.507 e. The van der Waals surface area contributed by atoms with Gasteiger partial charge in [0.2, 0.25) is 0 Å². The van der Waals surface area contributed by atoms with Gasteiger partial charge in [0.1, 0.15) is 5.76 Å². The zero-order valence-corrected chi connectivity index (χ0v) is 19.1. The Hall–Kier alpha value is -3.90. The minimum absolute atomic E-state index is 0.000889. The van der Waals surface area contributed by atoms with Crippen molar-refractivity contribution in [2.24, 2.45) is 0 Å². The van der Waals surface area contributed by atoms with Crippen molar-refractivity contribution in [3.05, 3.63) is 89.6 Å². The third-order valence-electron chi connectivity index (χ3n) is 6.26. The number of amides is 1. The summed E-state index contributed by atoms with van der Waals surface area (Å²) >= 11 is 0. The van der Waals surface area contributed by atoms with Crippen LogP contribution >= 0.6 is 0 Å². The van der Waals surface area contributed by atoms with Gasteiger partial charge in [0.25, 0.3) is 11.7 Å². The number of para-hydroxylation sites is 1. The van der Waals surface area contributed by atoms with Crippen molar-refractivity contribution in [3.63, 3.8) is 0 Å². The lowest BCUT2D eigenvalue weighted by Gasteiger charge is -2.25. The first-order valence-electron chi connectivity index (χ1n) is 11.4. The quantitative estimate of drug-likeness (QED) is 0.239. The monoisotopic (exact) mass is 454 g/mol. The molecule has 1 aromatic heterocycles. The van der Waals surface area contributed by atoms with E-state index in [0.717, 1.165) is 27.2 Å². The van der Waals surface area contributed by atoms with Gasteiger partial charge in [0, 0.05) is 34.8 Å². The summed E-state index contributed by atoms with van der Waals surface area (Å²) in [4.78, 5) is 31.2. The highest BCUT2D eigenvalue weighted by Crippen LogP contribution is 2.42. The van der Waals surface area contributed by atoms with Crippen LogP contribution in [0.5, 0.6) is 0 Å². The normalized spacial score (nSPS) is 18.0. The van der Waals surface area contributed by atoms with Gasteiger partial charge in [-0.1, -0.05) is 54.6 Å². The van der Waals surface area contributed by atoms with E-state index in [0.29, 0.717) is 12.2 Å². The van der Waals surface area contributed by atoms with Gasteiger partial charge >= 0.3 is 0 Å². The molecule has 0 saturated carbocycles. The number of nitrogens with one attached hydrogen (secondary N) is 1. The number of nitrogens with zero attached hydrogens (tertiary/aromatic N) is 1. The molecule has 5 rings (SSSR count). The number of fused-ring (bicyclic) bond motifs is 2. The number of ketones is 1. The molecule has 1 aliphatic heterocycles. The molecule has 1 unspecified atom stereocenters. The lowest BCUT2D eigenvalue weighted by Crippen LogP contribution is -2.33. The summed E-state index contributed by atoms with van der Waals surface area (Å²) < 4.78 is 5.68. The molecule has 34 heavy (non-hydrogen) atoms. The molecule has 0 aliphatic carbocycles. The SMILES string of the molecule is CC(C)OCCN1C(=O)C(=O)/C(=C(/O)c2ccc3ccccc3c2)C1c1c[nH]c2ccccc12. The smallest absolute Gasteiger partial charge is 0.295 e. The maximum absolute atomic E-state index is 13.3. The van der Waals surface area contributed by atoms with E-state index in [1.54, 1.807) is 6.07 Å². The van der Waals surface area contributed by atoms with Gasteiger partial charge in [-0.3, -0.25) is 9.59 Å². The van der Waals surface area contributed by atoms with Crippen LogP contribution < -0.4 is 0 Å². The van der Waals surface area contributed by atoms with Gasteiger partial charge in [-0.05, 0) is 36.8 Å². The molecule has 2 N–H and O–H groups in total. The molecule has 0 bridgehead atoms. The van der Waals surface area contributed by atoms with Crippen molar-refractivity contribution in [2.75, 3.05) is 13.2 Å². The highest BCUT2D eigenvalue weighted by Gasteiger charge is 2.46. The molecular formula is C28H26N2O4. The van der Waals surface area contributed by atoms with E-state index >= 15 is 0 Å². The number of Topliss-reactive ketones (excluding diaryl/α,β-unsaturated/α-hetero) is 1. The lowest BCUT2D eigenvalue weighted by molar-refractivity contribution is -0.140. The Balaban J connectivity index is 1.66. The molecule has 1 fully saturated rings. The standard InChI is InChI=1S/C28H26N2O4/c1-17(2)34-14-13-30-25(22-16-29-23-10-6-5-9-21(22)23)24(27(32)28(30)33)26(31)20-12-11-18-7-3-4-8-19(18)15-20/h3-12,15-17,25,29,31H,13-14H2,1-2H3/b26-24+. The molecule has 1 amide bonds. The van der Waals surface area contributed by atoms with Crippen LogP contribution in [0.4, 0.5) is 0 Å². The Morgan fingerprint density at radius 2 is 1.76 bits per heavy atom. The summed E-state index contributed by atoms with van der Waals surface area (Å²) in [5.74, 6) is -1.50. The van der Waals surface area contributed by atoms with Crippen LogP contribution in [-0.2, 0) is 14.3 Å². The van der Waals surface area contributed by atoms with E-state index in [4.69, 9.17) is 4.74 Å². The number of carbonyl (C=O) groups excluding carboxylic acids is 2. The average molecular weight is 455 g/mol. The van der Waals surface area contributed by atoms with Crippen LogP contribution in [0.25, 0.3) is 27.4 Å². The van der Waals surface area contributed by atoms with Crippen LogP contribution in [0.2, 0.25) is 0 Å². The highest BCUT2D eigenvalue weighted by molar-refractivity contribution is 6.46. The Kier molecular flexibility index (Phi) is 5.67. The summed E-state index contributed by atoms with van der Waals surface area (Å²) in [7, 11) is 0. The van der Waals surface area contributed by atoms with E-state index in [1.807, 2.05) is 80.7 Å². The van der Waals surface area contributed by atoms with Gasteiger partial charge in [0.05, 0.1) is 24.3 Å². The van der Waals surface area contributed by atoms with Crippen molar-refractivity contribution in [1.82, 2.24) is 9.88 Å². The predicted molar refractivity (Wildman–Crippen MR) is 132 cm³/mol. The molecule has 1 aliphatic rings. The summed E-state index contributed by atoms with van der Waals surface area (Å²) in [6.45, 7) is 4.37. The number of likely N-dealkylation sites (tertiary alicyclic amines) is 1. The highest BCUT2D eigenvalue weighted by atomic mass is 16.5. The van der Waals surface area contributed by atoms with Gasteiger partial charge in [-0.2, -0.15) is 0 Å². The predicted octanol–water partition coefficient (Wildman–Crippen LogP) is 5.17. The molecule has 3 aromatic carbocycles. The Labute approximate surface area is 197 Å². The Bertz CT molecular complexity index is 1430. The van der Waals surface area contributed by atoms with E-state index in [2.05, 4.69) is 4.98 Å². The van der Waals surface area contributed by atoms with E-state index < -0.39 is 17.7 Å². The maximum atomic E-state index is 13.3. The largest absolute Gasteiger partial charge is 0.507 e. The van der Waals surface area contributed by atoms with E-state index in [9.17, 15) is 14.7 Å². The third kappa shape index (κ3) is 3.76. The number of aromatic amines is 1. The van der Waals surface area contributed by atoms with Gasteiger partial charge < -0.3 is 19.7 Å². The first-order chi connectivity index (χ1) is 16.5.